The Labute approximate surface area is 123 Å². The van der Waals surface area contributed by atoms with Gasteiger partial charge in [0.05, 0.1) is 5.56 Å². The van der Waals surface area contributed by atoms with Crippen LogP contribution >= 0.6 is 34.8 Å². The summed E-state index contributed by atoms with van der Waals surface area (Å²) in [5.74, 6) is -2.26. The number of hydrogen-bond donors (Lipinski definition) is 1. The molecule has 0 spiro atoms. The number of carboxylic acids is 1. The second-order valence-electron chi connectivity index (χ2n) is 3.74. The molecule has 1 N–H and O–H groups in total. The van der Waals surface area contributed by atoms with Crippen molar-refractivity contribution >= 4 is 40.8 Å². The molecule has 0 atom stereocenters. The lowest BCUT2D eigenvalue weighted by Crippen LogP contribution is -2.01. The highest BCUT2D eigenvalue weighted by molar-refractivity contribution is 6.38. The summed E-state index contributed by atoms with van der Waals surface area (Å²) in [5, 5.41) is 9.64. The van der Waals surface area contributed by atoms with Crippen molar-refractivity contribution in [3.05, 3.63) is 56.8 Å². The topological polar surface area (TPSA) is 37.3 Å². The lowest BCUT2D eigenvalue weighted by atomic mass is 10.0. The molecule has 98 valence electrons. The van der Waals surface area contributed by atoms with E-state index in [0.29, 0.717) is 21.2 Å². The van der Waals surface area contributed by atoms with E-state index < -0.39 is 17.3 Å². The van der Waals surface area contributed by atoms with E-state index in [-0.39, 0.29) is 5.02 Å². The second kappa shape index (κ2) is 5.37. The molecule has 0 amide bonds. The molecular formula is C13H6Cl3FO2. The van der Waals surface area contributed by atoms with Crippen LogP contribution in [0.1, 0.15) is 10.4 Å². The molecule has 19 heavy (non-hydrogen) atoms. The van der Waals surface area contributed by atoms with Gasteiger partial charge in [-0.2, -0.15) is 0 Å². The van der Waals surface area contributed by atoms with Crippen LogP contribution in [-0.2, 0) is 0 Å². The Bertz CT molecular complexity index is 671. The first-order valence-corrected chi connectivity index (χ1v) is 6.21. The zero-order chi connectivity index (χ0) is 14.2. The third-order valence-corrected chi connectivity index (χ3v) is 3.37. The molecule has 2 rings (SSSR count). The molecule has 6 heteroatoms. The summed E-state index contributed by atoms with van der Waals surface area (Å²) in [7, 11) is 0. The summed E-state index contributed by atoms with van der Waals surface area (Å²) in [6, 6.07) is 6.77. The Hall–Kier alpha value is -1.29. The van der Waals surface area contributed by atoms with Gasteiger partial charge in [-0.3, -0.25) is 0 Å². The van der Waals surface area contributed by atoms with Crippen LogP contribution in [0.3, 0.4) is 0 Å². The van der Waals surface area contributed by atoms with Crippen molar-refractivity contribution in [1.82, 2.24) is 0 Å². The predicted molar refractivity (Wildman–Crippen MR) is 73.8 cm³/mol. The normalized spacial score (nSPS) is 10.5. The van der Waals surface area contributed by atoms with Gasteiger partial charge in [0.2, 0.25) is 0 Å². The van der Waals surface area contributed by atoms with E-state index in [0.717, 1.165) is 12.1 Å². The first-order valence-electron chi connectivity index (χ1n) is 5.08. The Morgan fingerprint density at radius 3 is 2.21 bits per heavy atom. The number of hydrogen-bond acceptors (Lipinski definition) is 1. The Morgan fingerprint density at radius 2 is 1.63 bits per heavy atom. The fourth-order valence-electron chi connectivity index (χ4n) is 1.63. The smallest absolute Gasteiger partial charge is 0.338 e. The van der Waals surface area contributed by atoms with Crippen LogP contribution in [0.5, 0.6) is 0 Å². The molecule has 0 saturated carbocycles. The molecule has 0 unspecified atom stereocenters. The van der Waals surface area contributed by atoms with Crippen molar-refractivity contribution in [3.8, 4) is 11.1 Å². The Balaban J connectivity index is 2.63. The number of aromatic carboxylic acids is 1. The lowest BCUT2D eigenvalue weighted by molar-refractivity contribution is 0.0692. The van der Waals surface area contributed by atoms with E-state index in [1.165, 1.54) is 6.07 Å². The van der Waals surface area contributed by atoms with Gasteiger partial charge >= 0.3 is 5.97 Å². The minimum atomic E-state index is -1.38. The summed E-state index contributed by atoms with van der Waals surface area (Å²) in [6.45, 7) is 0. The fourth-order valence-corrected chi connectivity index (χ4v) is 2.40. The van der Waals surface area contributed by atoms with Crippen LogP contribution in [0.2, 0.25) is 15.1 Å². The van der Waals surface area contributed by atoms with E-state index in [9.17, 15) is 9.18 Å². The summed E-state index contributed by atoms with van der Waals surface area (Å²) in [6.07, 6.45) is 0. The Morgan fingerprint density at radius 1 is 1.00 bits per heavy atom. The molecule has 0 aliphatic heterocycles. The lowest BCUT2D eigenvalue weighted by Gasteiger charge is -2.09. The van der Waals surface area contributed by atoms with Crippen LogP contribution in [0, 0.1) is 5.82 Å². The van der Waals surface area contributed by atoms with Crippen LogP contribution in [0.15, 0.2) is 30.3 Å². The highest BCUT2D eigenvalue weighted by atomic mass is 35.5. The van der Waals surface area contributed by atoms with Crippen molar-refractivity contribution in [2.24, 2.45) is 0 Å². The van der Waals surface area contributed by atoms with Gasteiger partial charge in [-0.15, -0.1) is 0 Å². The molecule has 0 radical (unpaired) electrons. The molecule has 2 aromatic carbocycles. The first kappa shape index (κ1) is 14.1. The van der Waals surface area contributed by atoms with Gasteiger partial charge in [-0.1, -0.05) is 40.9 Å². The maximum absolute atomic E-state index is 13.7. The number of benzene rings is 2. The molecule has 0 aliphatic carbocycles. The predicted octanol–water partition coefficient (Wildman–Crippen LogP) is 5.15. The minimum absolute atomic E-state index is 0.100. The van der Waals surface area contributed by atoms with Crippen molar-refractivity contribution in [2.45, 2.75) is 0 Å². The molecule has 2 aromatic rings. The summed E-state index contributed by atoms with van der Waals surface area (Å²) >= 11 is 17.8. The van der Waals surface area contributed by atoms with Gasteiger partial charge in [-0.05, 0) is 24.3 Å². The zero-order valence-electron chi connectivity index (χ0n) is 9.25. The van der Waals surface area contributed by atoms with E-state index >= 15 is 0 Å². The van der Waals surface area contributed by atoms with E-state index in [1.54, 1.807) is 12.1 Å². The van der Waals surface area contributed by atoms with Crippen molar-refractivity contribution in [1.29, 1.82) is 0 Å². The van der Waals surface area contributed by atoms with Crippen LogP contribution < -0.4 is 0 Å². The molecule has 0 bridgehead atoms. The average Bonchev–Trinajstić information content (AvgIpc) is 2.32. The number of rotatable bonds is 2. The second-order valence-corrected chi connectivity index (χ2v) is 4.99. The van der Waals surface area contributed by atoms with Crippen LogP contribution in [-0.4, -0.2) is 11.1 Å². The highest BCUT2D eigenvalue weighted by Crippen LogP contribution is 2.36. The SMILES string of the molecule is O=C(O)c1cc(Cl)c(-c2ccc(Cl)cc2Cl)cc1F. The standard InChI is InChI=1S/C13H6Cl3FO2/c14-6-1-2-7(10(15)3-6)8-5-12(17)9(13(18)19)4-11(8)16/h1-5H,(H,18,19). The van der Waals surface area contributed by atoms with Gasteiger partial charge in [0.25, 0.3) is 0 Å². The fraction of sp³-hybridized carbons (Fsp3) is 0. The number of carbonyl (C=O) groups is 1. The van der Waals surface area contributed by atoms with Gasteiger partial charge in [0.15, 0.2) is 0 Å². The molecule has 2 nitrogen and oxygen atoms in total. The molecule has 0 saturated heterocycles. The monoisotopic (exact) mass is 318 g/mol. The third kappa shape index (κ3) is 2.84. The van der Waals surface area contributed by atoms with Crippen LogP contribution in [0.4, 0.5) is 4.39 Å². The van der Waals surface area contributed by atoms with Crippen LogP contribution in [0.25, 0.3) is 11.1 Å². The van der Waals surface area contributed by atoms with Gasteiger partial charge in [0.1, 0.15) is 5.82 Å². The average molecular weight is 320 g/mol. The van der Waals surface area contributed by atoms with Crippen molar-refractivity contribution in [2.75, 3.05) is 0 Å². The van der Waals surface area contributed by atoms with Gasteiger partial charge in [-0.25, -0.2) is 9.18 Å². The largest absolute Gasteiger partial charge is 0.478 e. The first-order chi connectivity index (χ1) is 8.90. The molecular weight excluding hydrogens is 313 g/mol. The summed E-state index contributed by atoms with van der Waals surface area (Å²) < 4.78 is 13.7. The minimum Gasteiger partial charge on any atom is -0.478 e. The third-order valence-electron chi connectivity index (χ3n) is 2.51. The number of halogens is 4. The molecule has 0 heterocycles. The number of carboxylic acid groups (broad SMARTS) is 1. The summed E-state index contributed by atoms with van der Waals surface area (Å²) in [5.41, 5.74) is 0.302. The molecule has 0 aliphatic rings. The van der Waals surface area contributed by atoms with Gasteiger partial charge < -0.3 is 5.11 Å². The van der Waals surface area contributed by atoms with Gasteiger partial charge in [0, 0.05) is 26.2 Å². The van der Waals surface area contributed by atoms with E-state index in [2.05, 4.69) is 0 Å². The maximum Gasteiger partial charge on any atom is 0.338 e. The van der Waals surface area contributed by atoms with Crippen molar-refractivity contribution in [3.63, 3.8) is 0 Å². The molecule has 0 aromatic heterocycles. The van der Waals surface area contributed by atoms with E-state index in [4.69, 9.17) is 39.9 Å². The van der Waals surface area contributed by atoms with E-state index in [1.807, 2.05) is 0 Å². The zero-order valence-corrected chi connectivity index (χ0v) is 11.5. The maximum atomic E-state index is 13.7. The Kier molecular flexibility index (Phi) is 3.99. The summed E-state index contributed by atoms with van der Waals surface area (Å²) in [4.78, 5) is 10.8. The molecule has 0 fully saturated rings. The quantitative estimate of drug-likeness (QED) is 0.831. The van der Waals surface area contributed by atoms with Crippen molar-refractivity contribution < 1.29 is 14.3 Å². The highest BCUT2D eigenvalue weighted by Gasteiger charge is 2.16.